The van der Waals surface area contributed by atoms with Gasteiger partial charge in [0.05, 0.1) is 0 Å². The zero-order valence-corrected chi connectivity index (χ0v) is 8.52. The minimum atomic E-state index is -3.97. The quantitative estimate of drug-likeness (QED) is 0.577. The van der Waals surface area contributed by atoms with Gasteiger partial charge < -0.3 is 9.79 Å². The molecule has 0 aromatic carbocycles. The molecule has 5 heteroatoms. The summed E-state index contributed by atoms with van der Waals surface area (Å²) in [5.74, 6) is 0. The summed E-state index contributed by atoms with van der Waals surface area (Å²) in [7, 11) is -3.97. The Labute approximate surface area is 69.1 Å². The maximum atomic E-state index is 10.8. The van der Waals surface area contributed by atoms with Crippen molar-refractivity contribution in [2.75, 3.05) is 0 Å². The molecule has 0 atom stereocenters. The lowest BCUT2D eigenvalue weighted by atomic mass is 10.3. The van der Waals surface area contributed by atoms with Crippen LogP contribution < -0.4 is 0 Å². The first-order chi connectivity index (χ1) is 4.37. The summed E-state index contributed by atoms with van der Waals surface area (Å²) < 4.78 is 9.76. The molecule has 10 heavy (non-hydrogen) atoms. The number of rotatable bonds is 3. The second kappa shape index (κ2) is 3.35. The minimum Gasteiger partial charge on any atom is -0.323 e. The van der Waals surface area contributed by atoms with Gasteiger partial charge in [-0.15, -0.1) is 0 Å². The number of hydrogen-bond acceptors (Lipinski definition) is 1. The topological polar surface area (TPSA) is 57.5 Å². The monoisotopic (exact) mass is 230 g/mol. The van der Waals surface area contributed by atoms with E-state index in [9.17, 15) is 4.57 Å². The van der Waals surface area contributed by atoms with E-state index in [-0.39, 0.29) is 0 Å². The van der Waals surface area contributed by atoms with Crippen LogP contribution in [-0.2, 0) is 4.57 Å². The van der Waals surface area contributed by atoms with Crippen molar-refractivity contribution in [3.05, 3.63) is 0 Å². The molecular formula is C5H12BrO3P. The molecule has 0 unspecified atom stereocenters. The third-order valence-electron chi connectivity index (χ3n) is 1.61. The molecule has 0 aliphatic carbocycles. The molecule has 0 aromatic rings. The highest BCUT2D eigenvalue weighted by atomic mass is 79.9. The molecule has 0 saturated heterocycles. The van der Waals surface area contributed by atoms with Gasteiger partial charge in [-0.05, 0) is 12.8 Å². The van der Waals surface area contributed by atoms with Crippen molar-refractivity contribution in [3.63, 3.8) is 0 Å². The lowest BCUT2D eigenvalue weighted by molar-refractivity contribution is 0.348. The molecule has 0 bridgehead atoms. The summed E-state index contributed by atoms with van der Waals surface area (Å²) in [6, 6.07) is 0. The standard InChI is InChI=1S/C5H12BrO3P/c1-3-5(6,4-2)10(7,8)9/h3-4H2,1-2H3,(H2,7,8,9). The highest BCUT2D eigenvalue weighted by molar-refractivity contribution is 9.11. The van der Waals surface area contributed by atoms with E-state index >= 15 is 0 Å². The van der Waals surface area contributed by atoms with Crippen LogP contribution in [0.5, 0.6) is 0 Å². The van der Waals surface area contributed by atoms with Gasteiger partial charge in [-0.2, -0.15) is 0 Å². The Morgan fingerprint density at radius 3 is 1.70 bits per heavy atom. The van der Waals surface area contributed by atoms with Crippen LogP contribution in [0.1, 0.15) is 26.7 Å². The van der Waals surface area contributed by atoms with Crippen LogP contribution in [0.4, 0.5) is 0 Å². The van der Waals surface area contributed by atoms with E-state index in [2.05, 4.69) is 15.9 Å². The highest BCUT2D eigenvalue weighted by Gasteiger charge is 2.40. The number of hydrogen-bond donors (Lipinski definition) is 2. The summed E-state index contributed by atoms with van der Waals surface area (Å²) >= 11 is 3.04. The normalized spacial score (nSPS) is 13.7. The molecule has 0 fully saturated rings. The van der Waals surface area contributed by atoms with E-state index in [0.29, 0.717) is 12.8 Å². The average Bonchev–Trinajstić information content (AvgIpc) is 1.84. The van der Waals surface area contributed by atoms with Crippen molar-refractivity contribution in [2.45, 2.75) is 30.8 Å². The smallest absolute Gasteiger partial charge is 0.323 e. The Bertz CT molecular complexity index is 149. The van der Waals surface area contributed by atoms with Gasteiger partial charge in [-0.3, -0.25) is 4.57 Å². The van der Waals surface area contributed by atoms with E-state index in [1.54, 1.807) is 13.8 Å². The van der Waals surface area contributed by atoms with E-state index in [1.807, 2.05) is 0 Å². The number of halogens is 1. The van der Waals surface area contributed by atoms with Crippen LogP contribution in [0.3, 0.4) is 0 Å². The molecule has 0 aliphatic rings. The molecule has 0 aromatic heterocycles. The van der Waals surface area contributed by atoms with Crippen LogP contribution in [0.2, 0.25) is 0 Å². The Morgan fingerprint density at radius 1 is 1.40 bits per heavy atom. The van der Waals surface area contributed by atoms with Crippen molar-refractivity contribution >= 4 is 23.5 Å². The molecule has 3 nitrogen and oxygen atoms in total. The molecule has 0 rings (SSSR count). The zero-order valence-electron chi connectivity index (χ0n) is 6.04. The van der Waals surface area contributed by atoms with Gasteiger partial charge in [-0.25, -0.2) is 0 Å². The SMILES string of the molecule is CCC(Br)(CC)P(=O)(O)O. The summed E-state index contributed by atoms with van der Waals surface area (Å²) in [6.07, 6.45) is 0.877. The second-order valence-electron chi connectivity index (χ2n) is 2.17. The molecule has 0 amide bonds. The van der Waals surface area contributed by atoms with Crippen molar-refractivity contribution < 1.29 is 14.4 Å². The van der Waals surface area contributed by atoms with Gasteiger partial charge in [-0.1, -0.05) is 29.8 Å². The van der Waals surface area contributed by atoms with Crippen LogP contribution in [0, 0.1) is 0 Å². The molecule has 0 aliphatic heterocycles. The molecule has 0 saturated carbocycles. The average molecular weight is 231 g/mol. The molecule has 62 valence electrons. The Hall–Kier alpha value is 0.630. The van der Waals surface area contributed by atoms with Crippen LogP contribution in [-0.4, -0.2) is 13.9 Å². The first kappa shape index (κ1) is 10.6. The fourth-order valence-electron chi connectivity index (χ4n) is 0.662. The first-order valence-corrected chi connectivity index (χ1v) is 5.52. The van der Waals surface area contributed by atoms with E-state index in [1.165, 1.54) is 0 Å². The van der Waals surface area contributed by atoms with Crippen LogP contribution >= 0.6 is 23.5 Å². The Morgan fingerprint density at radius 2 is 1.70 bits per heavy atom. The van der Waals surface area contributed by atoms with Gasteiger partial charge in [0.15, 0.2) is 0 Å². The van der Waals surface area contributed by atoms with E-state index in [0.717, 1.165) is 0 Å². The summed E-state index contributed by atoms with van der Waals surface area (Å²) in [5.41, 5.74) is 0. The maximum Gasteiger partial charge on any atom is 0.342 e. The van der Waals surface area contributed by atoms with Crippen LogP contribution in [0.15, 0.2) is 0 Å². The largest absolute Gasteiger partial charge is 0.342 e. The van der Waals surface area contributed by atoms with Gasteiger partial charge in [0.25, 0.3) is 0 Å². The molecule has 2 N–H and O–H groups in total. The van der Waals surface area contributed by atoms with Gasteiger partial charge in [0.2, 0.25) is 0 Å². The molecular weight excluding hydrogens is 219 g/mol. The maximum absolute atomic E-state index is 10.8. The third kappa shape index (κ3) is 2.06. The summed E-state index contributed by atoms with van der Waals surface area (Å²) in [5, 5.41) is 0. The molecule has 0 radical (unpaired) electrons. The Balaban J connectivity index is 4.50. The van der Waals surface area contributed by atoms with Crippen molar-refractivity contribution in [2.24, 2.45) is 0 Å². The van der Waals surface area contributed by atoms with Crippen molar-refractivity contribution in [1.29, 1.82) is 0 Å². The molecule has 0 heterocycles. The number of alkyl halides is 1. The molecule has 0 spiro atoms. The van der Waals surface area contributed by atoms with E-state index < -0.39 is 11.7 Å². The second-order valence-corrected chi connectivity index (χ2v) is 6.24. The zero-order chi connectivity index (χ0) is 8.41. The van der Waals surface area contributed by atoms with E-state index in [4.69, 9.17) is 9.79 Å². The lowest BCUT2D eigenvalue weighted by Gasteiger charge is -2.24. The lowest BCUT2D eigenvalue weighted by Crippen LogP contribution is -2.17. The van der Waals surface area contributed by atoms with Gasteiger partial charge in [0.1, 0.15) is 4.07 Å². The predicted octanol–water partition coefficient (Wildman–Crippen LogP) is 2.08. The van der Waals surface area contributed by atoms with Crippen molar-refractivity contribution in [1.82, 2.24) is 0 Å². The van der Waals surface area contributed by atoms with Gasteiger partial charge in [0, 0.05) is 0 Å². The fourth-order valence-corrected chi connectivity index (χ4v) is 1.49. The highest BCUT2D eigenvalue weighted by Crippen LogP contribution is 2.58. The first-order valence-electron chi connectivity index (χ1n) is 3.12. The predicted molar refractivity (Wildman–Crippen MR) is 44.3 cm³/mol. The van der Waals surface area contributed by atoms with Crippen LogP contribution in [0.25, 0.3) is 0 Å². The van der Waals surface area contributed by atoms with Gasteiger partial charge >= 0.3 is 7.60 Å². The third-order valence-corrected chi connectivity index (χ3v) is 5.79. The summed E-state index contributed by atoms with van der Waals surface area (Å²) in [6.45, 7) is 3.49. The summed E-state index contributed by atoms with van der Waals surface area (Å²) in [4.78, 5) is 17.6. The fraction of sp³-hybridized carbons (Fsp3) is 1.00. The minimum absolute atomic E-state index is 0.438. The van der Waals surface area contributed by atoms with Crippen molar-refractivity contribution in [3.8, 4) is 0 Å². The Kier molecular flexibility index (Phi) is 3.56.